The Morgan fingerprint density at radius 2 is 2.27 bits per heavy atom. The summed E-state index contributed by atoms with van der Waals surface area (Å²) in [7, 11) is 1.75. The van der Waals surface area contributed by atoms with Gasteiger partial charge in [0.15, 0.2) is 0 Å². The van der Waals surface area contributed by atoms with Crippen LogP contribution in [0.4, 0.5) is 0 Å². The molecule has 0 aliphatic carbocycles. The molecule has 0 saturated carbocycles. The van der Waals surface area contributed by atoms with Crippen molar-refractivity contribution >= 4 is 0 Å². The summed E-state index contributed by atoms with van der Waals surface area (Å²) in [5.74, 6) is 0. The Kier molecular flexibility index (Phi) is 2.47. The highest BCUT2D eigenvalue weighted by atomic mass is 16.3. The summed E-state index contributed by atoms with van der Waals surface area (Å²) in [5.41, 5.74) is 2.25. The van der Waals surface area contributed by atoms with Gasteiger partial charge in [-0.2, -0.15) is 0 Å². The minimum atomic E-state index is -0.723. The van der Waals surface area contributed by atoms with Gasteiger partial charge in [0.2, 0.25) is 0 Å². The molecule has 0 aromatic carbocycles. The van der Waals surface area contributed by atoms with Gasteiger partial charge < -0.3 is 5.11 Å². The third kappa shape index (κ3) is 1.73. The number of pyridine rings is 1. The zero-order valence-electron chi connectivity index (χ0n) is 8.62. The van der Waals surface area contributed by atoms with Crippen molar-refractivity contribution in [3.8, 4) is 0 Å². The first-order valence-electron chi connectivity index (χ1n) is 4.64. The molecule has 2 heterocycles. The van der Waals surface area contributed by atoms with Crippen LogP contribution in [0.3, 0.4) is 0 Å². The molecule has 2 rings (SSSR count). The minimum Gasteiger partial charge on any atom is -0.382 e. The van der Waals surface area contributed by atoms with Gasteiger partial charge in [0, 0.05) is 24.5 Å². The molecule has 5 nitrogen and oxygen atoms in total. The predicted molar refractivity (Wildman–Crippen MR) is 54.0 cm³/mol. The van der Waals surface area contributed by atoms with Crippen molar-refractivity contribution < 1.29 is 5.11 Å². The molecule has 0 radical (unpaired) electrons. The number of aliphatic hydroxyl groups excluding tert-OH is 1. The molecule has 0 aliphatic rings. The second-order valence-electron chi connectivity index (χ2n) is 3.36. The molecule has 1 unspecified atom stereocenters. The van der Waals surface area contributed by atoms with E-state index in [1.807, 2.05) is 13.0 Å². The highest BCUT2D eigenvalue weighted by Gasteiger charge is 2.16. The van der Waals surface area contributed by atoms with Crippen LogP contribution in [0.1, 0.15) is 23.1 Å². The maximum atomic E-state index is 10.1. The lowest BCUT2D eigenvalue weighted by Gasteiger charge is -2.12. The highest BCUT2D eigenvalue weighted by Crippen LogP contribution is 2.21. The molecule has 0 fully saturated rings. The van der Waals surface area contributed by atoms with Crippen LogP contribution in [0.25, 0.3) is 0 Å². The van der Waals surface area contributed by atoms with E-state index in [0.717, 1.165) is 11.3 Å². The number of hydrogen-bond acceptors (Lipinski definition) is 4. The van der Waals surface area contributed by atoms with E-state index in [-0.39, 0.29) is 0 Å². The molecule has 1 N–H and O–H groups in total. The topological polar surface area (TPSA) is 63.8 Å². The van der Waals surface area contributed by atoms with Crippen molar-refractivity contribution in [3.63, 3.8) is 0 Å². The summed E-state index contributed by atoms with van der Waals surface area (Å²) in [5, 5.41) is 17.6. The van der Waals surface area contributed by atoms with Crippen molar-refractivity contribution in [2.45, 2.75) is 13.0 Å². The van der Waals surface area contributed by atoms with Gasteiger partial charge in [-0.1, -0.05) is 11.3 Å². The van der Waals surface area contributed by atoms with Crippen molar-refractivity contribution in [3.05, 3.63) is 41.5 Å². The fourth-order valence-electron chi connectivity index (χ4n) is 1.49. The second-order valence-corrected chi connectivity index (χ2v) is 3.36. The molecule has 2 aromatic heterocycles. The summed E-state index contributed by atoms with van der Waals surface area (Å²) < 4.78 is 1.55. The van der Waals surface area contributed by atoms with Crippen molar-refractivity contribution in [2.75, 3.05) is 0 Å². The van der Waals surface area contributed by atoms with E-state index < -0.39 is 6.10 Å². The molecule has 1 atom stereocenters. The van der Waals surface area contributed by atoms with Gasteiger partial charge >= 0.3 is 0 Å². The molecule has 2 aromatic rings. The van der Waals surface area contributed by atoms with Crippen molar-refractivity contribution in [1.29, 1.82) is 0 Å². The lowest BCUT2D eigenvalue weighted by molar-refractivity contribution is 0.208. The fourth-order valence-corrected chi connectivity index (χ4v) is 1.49. The van der Waals surface area contributed by atoms with Crippen LogP contribution in [-0.2, 0) is 7.05 Å². The van der Waals surface area contributed by atoms with Crippen LogP contribution < -0.4 is 0 Å². The Bertz CT molecular complexity index is 466. The van der Waals surface area contributed by atoms with Gasteiger partial charge in [-0.3, -0.25) is 4.98 Å². The Hall–Kier alpha value is -1.75. The van der Waals surface area contributed by atoms with Crippen molar-refractivity contribution in [2.24, 2.45) is 7.05 Å². The molecular formula is C10H12N4O. The van der Waals surface area contributed by atoms with Crippen LogP contribution in [0.5, 0.6) is 0 Å². The number of rotatable bonds is 2. The second kappa shape index (κ2) is 3.78. The molecule has 5 heteroatoms. The quantitative estimate of drug-likeness (QED) is 0.778. The third-order valence-electron chi connectivity index (χ3n) is 2.37. The molecule has 0 bridgehead atoms. The SMILES string of the molecule is Cc1ncccc1C(O)c1cnnn1C. The summed E-state index contributed by atoms with van der Waals surface area (Å²) in [6, 6.07) is 3.65. The van der Waals surface area contributed by atoms with Crippen LogP contribution >= 0.6 is 0 Å². The monoisotopic (exact) mass is 204 g/mol. The Morgan fingerprint density at radius 1 is 1.47 bits per heavy atom. The van der Waals surface area contributed by atoms with E-state index in [1.165, 1.54) is 0 Å². The van der Waals surface area contributed by atoms with E-state index in [1.54, 1.807) is 30.2 Å². The molecular weight excluding hydrogens is 192 g/mol. The van der Waals surface area contributed by atoms with Crippen LogP contribution in [0.15, 0.2) is 24.5 Å². The maximum absolute atomic E-state index is 10.1. The lowest BCUT2D eigenvalue weighted by atomic mass is 10.1. The minimum absolute atomic E-state index is 0.658. The standard InChI is InChI=1S/C10H12N4O/c1-7-8(4-3-5-11-7)10(15)9-6-12-13-14(9)2/h3-6,10,15H,1-2H3. The summed E-state index contributed by atoms with van der Waals surface area (Å²) in [4.78, 5) is 4.13. The van der Waals surface area contributed by atoms with Gasteiger partial charge in [0.05, 0.1) is 11.9 Å². The molecule has 0 aliphatic heterocycles. The smallest absolute Gasteiger partial charge is 0.124 e. The average Bonchev–Trinajstić information content (AvgIpc) is 2.64. The number of aromatic nitrogens is 4. The Morgan fingerprint density at radius 3 is 2.87 bits per heavy atom. The van der Waals surface area contributed by atoms with Gasteiger partial charge in [0.25, 0.3) is 0 Å². The number of hydrogen-bond donors (Lipinski definition) is 1. The van der Waals surface area contributed by atoms with Gasteiger partial charge in [0.1, 0.15) is 6.10 Å². The van der Waals surface area contributed by atoms with Crippen LogP contribution in [-0.4, -0.2) is 25.1 Å². The van der Waals surface area contributed by atoms with Gasteiger partial charge in [-0.25, -0.2) is 4.68 Å². The van der Waals surface area contributed by atoms with E-state index >= 15 is 0 Å². The Balaban J connectivity index is 2.41. The molecule has 15 heavy (non-hydrogen) atoms. The molecule has 0 saturated heterocycles. The number of aryl methyl sites for hydroxylation is 2. The number of aliphatic hydroxyl groups is 1. The van der Waals surface area contributed by atoms with Gasteiger partial charge in [-0.15, -0.1) is 5.10 Å². The maximum Gasteiger partial charge on any atom is 0.124 e. The Labute approximate surface area is 87.4 Å². The van der Waals surface area contributed by atoms with E-state index in [4.69, 9.17) is 0 Å². The fraction of sp³-hybridized carbons (Fsp3) is 0.300. The lowest BCUT2D eigenvalue weighted by Crippen LogP contribution is -2.08. The first kappa shape index (κ1) is 9.79. The van der Waals surface area contributed by atoms with E-state index in [9.17, 15) is 5.11 Å². The van der Waals surface area contributed by atoms with Crippen LogP contribution in [0, 0.1) is 6.92 Å². The van der Waals surface area contributed by atoms with E-state index in [0.29, 0.717) is 5.69 Å². The zero-order chi connectivity index (χ0) is 10.8. The summed E-state index contributed by atoms with van der Waals surface area (Å²) in [6.45, 7) is 1.86. The van der Waals surface area contributed by atoms with E-state index in [2.05, 4.69) is 15.3 Å². The first-order chi connectivity index (χ1) is 7.20. The third-order valence-corrected chi connectivity index (χ3v) is 2.37. The largest absolute Gasteiger partial charge is 0.382 e. The normalized spacial score (nSPS) is 12.7. The van der Waals surface area contributed by atoms with Crippen molar-refractivity contribution in [1.82, 2.24) is 20.0 Å². The molecule has 0 amide bonds. The average molecular weight is 204 g/mol. The first-order valence-corrected chi connectivity index (χ1v) is 4.64. The number of nitrogens with zero attached hydrogens (tertiary/aromatic N) is 4. The van der Waals surface area contributed by atoms with Crippen LogP contribution in [0.2, 0.25) is 0 Å². The zero-order valence-corrected chi connectivity index (χ0v) is 8.62. The van der Waals surface area contributed by atoms with Gasteiger partial charge in [-0.05, 0) is 13.0 Å². The highest BCUT2D eigenvalue weighted by molar-refractivity contribution is 5.27. The summed E-state index contributed by atoms with van der Waals surface area (Å²) in [6.07, 6.45) is 2.53. The predicted octanol–water partition coefficient (Wildman–Crippen LogP) is 0.600. The summed E-state index contributed by atoms with van der Waals surface area (Å²) >= 11 is 0. The molecule has 78 valence electrons. The molecule has 0 spiro atoms.